The van der Waals surface area contributed by atoms with Gasteiger partial charge in [0.15, 0.2) is 5.82 Å². The van der Waals surface area contributed by atoms with Gasteiger partial charge in [0, 0.05) is 22.3 Å². The minimum atomic E-state index is -0.289. The first-order valence-corrected chi connectivity index (χ1v) is 11.5. The molecule has 0 unspecified atom stereocenters. The second kappa shape index (κ2) is 10.5. The fourth-order valence-electron chi connectivity index (χ4n) is 4.37. The number of tetrazole rings is 1. The number of aromatic amines is 1. The first-order chi connectivity index (χ1) is 17.1. The molecule has 1 N–H and O–H groups in total. The Morgan fingerprint density at radius 1 is 1.00 bits per heavy atom. The SMILES string of the molecule is CCc1cc2c(cc(C#N)c(=O)n2Cc2ccc(-c3ccccc3-c3nnn[nH]3)cc2)c(CC)n1.Cl. The van der Waals surface area contributed by atoms with Gasteiger partial charge in [0.05, 0.1) is 12.1 Å². The number of hydrogen-bond acceptors (Lipinski definition) is 6. The predicted octanol–water partition coefficient (Wildman–Crippen LogP) is 4.71. The summed E-state index contributed by atoms with van der Waals surface area (Å²) in [5, 5.41) is 24.7. The van der Waals surface area contributed by atoms with Crippen LogP contribution in [0.2, 0.25) is 0 Å². The van der Waals surface area contributed by atoms with E-state index in [1.807, 2.05) is 68.4 Å². The number of hydrogen-bond donors (Lipinski definition) is 1. The number of halogens is 1. The molecule has 0 radical (unpaired) electrons. The molecule has 0 saturated carbocycles. The zero-order chi connectivity index (χ0) is 24.4. The van der Waals surface area contributed by atoms with Crippen LogP contribution in [0.5, 0.6) is 0 Å². The maximum atomic E-state index is 13.2. The quantitative estimate of drug-likeness (QED) is 0.363. The molecule has 0 aliphatic heterocycles. The lowest BCUT2D eigenvalue weighted by Crippen LogP contribution is -2.24. The molecule has 0 bridgehead atoms. The first-order valence-electron chi connectivity index (χ1n) is 11.5. The fraction of sp³-hybridized carbons (Fsp3) is 0.185. The summed E-state index contributed by atoms with van der Waals surface area (Å²) in [6, 6.07) is 21.7. The van der Waals surface area contributed by atoms with Crippen LogP contribution < -0.4 is 5.56 Å². The molecule has 5 rings (SSSR count). The van der Waals surface area contributed by atoms with E-state index in [2.05, 4.69) is 26.7 Å². The maximum absolute atomic E-state index is 13.2. The van der Waals surface area contributed by atoms with Gasteiger partial charge in [-0.2, -0.15) is 5.26 Å². The van der Waals surface area contributed by atoms with E-state index in [0.717, 1.165) is 57.4 Å². The van der Waals surface area contributed by atoms with Crippen LogP contribution in [0.1, 0.15) is 36.4 Å². The Kier molecular flexibility index (Phi) is 7.23. The second-order valence-corrected chi connectivity index (χ2v) is 8.25. The first kappa shape index (κ1) is 24.8. The highest BCUT2D eigenvalue weighted by Gasteiger charge is 2.15. The highest BCUT2D eigenvalue weighted by molar-refractivity contribution is 5.85. The van der Waals surface area contributed by atoms with Crippen molar-refractivity contribution in [3.63, 3.8) is 0 Å². The molecule has 0 aliphatic carbocycles. The number of H-pyrrole nitrogens is 1. The summed E-state index contributed by atoms with van der Waals surface area (Å²) in [6.07, 6.45) is 1.49. The van der Waals surface area contributed by atoms with E-state index >= 15 is 0 Å². The van der Waals surface area contributed by atoms with Crippen molar-refractivity contribution in [2.45, 2.75) is 33.2 Å². The molecule has 8 nitrogen and oxygen atoms in total. The number of benzene rings is 2. The zero-order valence-electron chi connectivity index (χ0n) is 19.9. The van der Waals surface area contributed by atoms with E-state index in [-0.39, 0.29) is 23.5 Å². The molecule has 0 aliphatic rings. The van der Waals surface area contributed by atoms with E-state index < -0.39 is 0 Å². The summed E-state index contributed by atoms with van der Waals surface area (Å²) in [7, 11) is 0. The number of nitrogens with one attached hydrogen (secondary N) is 1. The number of nitrogens with zero attached hydrogens (tertiary/aromatic N) is 6. The van der Waals surface area contributed by atoms with Gasteiger partial charge in [0.2, 0.25) is 0 Å². The summed E-state index contributed by atoms with van der Waals surface area (Å²) in [6.45, 7) is 4.44. The normalized spacial score (nSPS) is 10.7. The number of aromatic nitrogens is 6. The average molecular weight is 498 g/mol. The van der Waals surface area contributed by atoms with Crippen molar-refractivity contribution in [2.24, 2.45) is 0 Å². The van der Waals surface area contributed by atoms with Gasteiger partial charge in [-0.15, -0.1) is 17.5 Å². The van der Waals surface area contributed by atoms with Gasteiger partial charge >= 0.3 is 0 Å². The summed E-state index contributed by atoms with van der Waals surface area (Å²) >= 11 is 0. The molecular weight excluding hydrogens is 474 g/mol. The molecule has 3 heterocycles. The van der Waals surface area contributed by atoms with Crippen LogP contribution in [0.4, 0.5) is 0 Å². The molecule has 180 valence electrons. The highest BCUT2D eigenvalue weighted by Crippen LogP contribution is 2.30. The topological polar surface area (TPSA) is 113 Å². The third-order valence-corrected chi connectivity index (χ3v) is 6.17. The van der Waals surface area contributed by atoms with Gasteiger partial charge in [-0.25, -0.2) is 5.10 Å². The van der Waals surface area contributed by atoms with Crippen molar-refractivity contribution >= 4 is 23.3 Å². The monoisotopic (exact) mass is 497 g/mol. The number of rotatable bonds is 6. The number of fused-ring (bicyclic) bond motifs is 1. The Morgan fingerprint density at radius 3 is 2.39 bits per heavy atom. The number of nitriles is 1. The molecule has 0 spiro atoms. The van der Waals surface area contributed by atoms with Gasteiger partial charge in [-0.1, -0.05) is 62.4 Å². The molecule has 3 aromatic heterocycles. The van der Waals surface area contributed by atoms with E-state index in [1.165, 1.54) is 0 Å². The van der Waals surface area contributed by atoms with Crippen LogP contribution in [0, 0.1) is 11.3 Å². The van der Waals surface area contributed by atoms with Crippen molar-refractivity contribution in [1.82, 2.24) is 30.2 Å². The highest BCUT2D eigenvalue weighted by atomic mass is 35.5. The Hall–Kier alpha value is -4.35. The molecule has 2 aromatic carbocycles. The summed E-state index contributed by atoms with van der Waals surface area (Å²) in [4.78, 5) is 17.9. The zero-order valence-corrected chi connectivity index (χ0v) is 20.7. The van der Waals surface area contributed by atoms with E-state index in [9.17, 15) is 10.1 Å². The van der Waals surface area contributed by atoms with Crippen LogP contribution in [0.25, 0.3) is 33.4 Å². The Balaban J connectivity index is 0.00000304. The molecule has 0 saturated heterocycles. The van der Waals surface area contributed by atoms with Crippen molar-refractivity contribution in [1.29, 1.82) is 5.26 Å². The number of pyridine rings is 2. The van der Waals surface area contributed by atoms with Crippen molar-refractivity contribution in [3.8, 4) is 28.6 Å². The molecular formula is C27H24ClN7O. The summed E-state index contributed by atoms with van der Waals surface area (Å²) in [5.41, 5.74) is 6.35. The van der Waals surface area contributed by atoms with Gasteiger partial charge < -0.3 is 4.57 Å². The Morgan fingerprint density at radius 2 is 1.75 bits per heavy atom. The Labute approximate surface area is 214 Å². The predicted molar refractivity (Wildman–Crippen MR) is 141 cm³/mol. The molecule has 9 heteroatoms. The van der Waals surface area contributed by atoms with Gasteiger partial charge in [0.1, 0.15) is 11.6 Å². The average Bonchev–Trinajstić information content (AvgIpc) is 3.45. The molecule has 0 atom stereocenters. The van der Waals surface area contributed by atoms with Crippen molar-refractivity contribution < 1.29 is 0 Å². The summed E-state index contributed by atoms with van der Waals surface area (Å²) < 4.78 is 1.69. The van der Waals surface area contributed by atoms with Crippen molar-refractivity contribution in [2.75, 3.05) is 0 Å². The van der Waals surface area contributed by atoms with Crippen LogP contribution in [-0.4, -0.2) is 30.2 Å². The lowest BCUT2D eigenvalue weighted by molar-refractivity contribution is 0.787. The van der Waals surface area contributed by atoms with Gasteiger partial charge in [-0.3, -0.25) is 9.78 Å². The lowest BCUT2D eigenvalue weighted by atomic mass is 9.98. The second-order valence-electron chi connectivity index (χ2n) is 8.25. The maximum Gasteiger partial charge on any atom is 0.269 e. The fourth-order valence-corrected chi connectivity index (χ4v) is 4.37. The van der Waals surface area contributed by atoms with E-state index in [1.54, 1.807) is 10.6 Å². The van der Waals surface area contributed by atoms with Crippen molar-refractivity contribution in [3.05, 3.63) is 93.5 Å². The third kappa shape index (κ3) is 4.49. The van der Waals surface area contributed by atoms with Gasteiger partial charge in [0.25, 0.3) is 5.56 Å². The summed E-state index contributed by atoms with van der Waals surface area (Å²) in [5.74, 6) is 0.600. The van der Waals surface area contributed by atoms with Gasteiger partial charge in [-0.05, 0) is 52.1 Å². The number of aryl methyl sites for hydroxylation is 2. The van der Waals surface area contributed by atoms with Crippen LogP contribution in [0.3, 0.4) is 0 Å². The molecule has 0 amide bonds. The molecule has 0 fully saturated rings. The minimum Gasteiger partial charge on any atom is -0.303 e. The minimum absolute atomic E-state index is 0. The van der Waals surface area contributed by atoms with E-state index in [4.69, 9.17) is 4.98 Å². The molecule has 36 heavy (non-hydrogen) atoms. The largest absolute Gasteiger partial charge is 0.303 e. The molecule has 5 aromatic rings. The van der Waals surface area contributed by atoms with Crippen LogP contribution in [0.15, 0.2) is 65.5 Å². The third-order valence-electron chi connectivity index (χ3n) is 6.17. The smallest absolute Gasteiger partial charge is 0.269 e. The Bertz CT molecular complexity index is 1620. The van der Waals surface area contributed by atoms with Crippen LogP contribution >= 0.6 is 12.4 Å². The standard InChI is InChI=1S/C27H23N7O.ClH/c1-3-20-14-25-23(24(4-2)29-20)13-19(15-28)27(35)34(25)16-17-9-11-18(12-10-17)21-7-5-6-8-22(21)26-30-32-33-31-26;/h5-14H,3-4,16H2,1-2H3,(H,30,31,32,33);1H. The van der Waals surface area contributed by atoms with E-state index in [0.29, 0.717) is 12.4 Å². The lowest BCUT2D eigenvalue weighted by Gasteiger charge is -2.15. The van der Waals surface area contributed by atoms with Crippen LogP contribution in [-0.2, 0) is 19.4 Å².